The lowest BCUT2D eigenvalue weighted by Gasteiger charge is -2.28. The van der Waals surface area contributed by atoms with Gasteiger partial charge in [-0.15, -0.1) is 0 Å². The molecule has 1 aliphatic rings. The lowest BCUT2D eigenvalue weighted by molar-refractivity contribution is 0.0338. The van der Waals surface area contributed by atoms with Crippen LogP contribution in [0.15, 0.2) is 18.2 Å². The molecule has 0 spiro atoms. The highest BCUT2D eigenvalue weighted by Gasteiger charge is 2.17. The lowest BCUT2D eigenvalue weighted by atomic mass is 10.2. The van der Waals surface area contributed by atoms with Gasteiger partial charge in [-0.1, -0.05) is 23.2 Å². The second-order valence-electron chi connectivity index (χ2n) is 4.80. The van der Waals surface area contributed by atoms with Crippen LogP contribution >= 0.6 is 23.2 Å². The molecule has 1 aromatic carbocycles. The summed E-state index contributed by atoms with van der Waals surface area (Å²) in [6.45, 7) is 4.88. The van der Waals surface area contributed by atoms with Crippen molar-refractivity contribution in [3.05, 3.63) is 33.8 Å². The van der Waals surface area contributed by atoms with Crippen molar-refractivity contribution in [1.29, 1.82) is 0 Å². The number of morpholine rings is 1. The molecule has 0 atom stereocenters. The predicted molar refractivity (Wildman–Crippen MR) is 80.7 cm³/mol. The van der Waals surface area contributed by atoms with Gasteiger partial charge in [0.1, 0.15) is 0 Å². The first-order valence-electron chi connectivity index (χ1n) is 6.58. The standard InChI is InChI=1S/C14H18Cl2N2O2/c1-17(4-5-18-6-8-20-9-7-18)14(19)12-3-2-11(15)10-13(12)16/h2-3,10H,4-9H2,1H3. The largest absolute Gasteiger partial charge is 0.379 e. The van der Waals surface area contributed by atoms with Gasteiger partial charge in [0.15, 0.2) is 0 Å². The van der Waals surface area contributed by atoms with Crippen molar-refractivity contribution in [2.75, 3.05) is 46.4 Å². The zero-order chi connectivity index (χ0) is 14.5. The molecule has 1 amide bonds. The Bertz CT molecular complexity index is 476. The third kappa shape index (κ3) is 4.09. The van der Waals surface area contributed by atoms with Crippen LogP contribution in [0, 0.1) is 0 Å². The van der Waals surface area contributed by atoms with Gasteiger partial charge in [0.05, 0.1) is 23.8 Å². The molecule has 1 aromatic rings. The molecule has 4 nitrogen and oxygen atoms in total. The summed E-state index contributed by atoms with van der Waals surface area (Å²) in [4.78, 5) is 16.3. The van der Waals surface area contributed by atoms with Gasteiger partial charge >= 0.3 is 0 Å². The fourth-order valence-corrected chi connectivity index (χ4v) is 2.58. The molecule has 0 aliphatic carbocycles. The zero-order valence-corrected chi connectivity index (χ0v) is 13.0. The maximum Gasteiger partial charge on any atom is 0.255 e. The van der Waals surface area contributed by atoms with Crippen LogP contribution in [-0.2, 0) is 4.74 Å². The molecular weight excluding hydrogens is 299 g/mol. The van der Waals surface area contributed by atoms with E-state index in [9.17, 15) is 4.79 Å². The monoisotopic (exact) mass is 316 g/mol. The highest BCUT2D eigenvalue weighted by molar-refractivity contribution is 6.36. The van der Waals surface area contributed by atoms with Crippen LogP contribution in [0.25, 0.3) is 0 Å². The Morgan fingerprint density at radius 3 is 2.70 bits per heavy atom. The van der Waals surface area contributed by atoms with Gasteiger partial charge in [0.25, 0.3) is 5.91 Å². The summed E-state index contributed by atoms with van der Waals surface area (Å²) < 4.78 is 5.30. The molecule has 0 unspecified atom stereocenters. The predicted octanol–water partition coefficient (Wildman–Crippen LogP) is 2.40. The van der Waals surface area contributed by atoms with Crippen molar-refractivity contribution < 1.29 is 9.53 Å². The van der Waals surface area contributed by atoms with Gasteiger partial charge in [-0.3, -0.25) is 9.69 Å². The van der Waals surface area contributed by atoms with Gasteiger partial charge in [-0.2, -0.15) is 0 Å². The SMILES string of the molecule is CN(CCN1CCOCC1)C(=O)c1ccc(Cl)cc1Cl. The highest BCUT2D eigenvalue weighted by atomic mass is 35.5. The van der Waals surface area contributed by atoms with Crippen molar-refractivity contribution in [1.82, 2.24) is 9.80 Å². The molecule has 6 heteroatoms. The molecule has 1 heterocycles. The Labute approximate surface area is 129 Å². The fraction of sp³-hybridized carbons (Fsp3) is 0.500. The Morgan fingerprint density at radius 2 is 2.05 bits per heavy atom. The lowest BCUT2D eigenvalue weighted by Crippen LogP contribution is -2.42. The summed E-state index contributed by atoms with van der Waals surface area (Å²) in [6.07, 6.45) is 0. The average Bonchev–Trinajstić information content (AvgIpc) is 2.45. The van der Waals surface area contributed by atoms with E-state index in [-0.39, 0.29) is 5.91 Å². The van der Waals surface area contributed by atoms with Crippen LogP contribution in [0.2, 0.25) is 10.0 Å². The normalized spacial score (nSPS) is 16.1. The van der Waals surface area contributed by atoms with Crippen molar-refractivity contribution in [3.8, 4) is 0 Å². The second-order valence-corrected chi connectivity index (χ2v) is 5.65. The highest BCUT2D eigenvalue weighted by Crippen LogP contribution is 2.22. The quantitative estimate of drug-likeness (QED) is 0.855. The maximum atomic E-state index is 12.3. The number of hydrogen-bond donors (Lipinski definition) is 0. The number of rotatable bonds is 4. The molecule has 0 saturated carbocycles. The van der Waals surface area contributed by atoms with Crippen LogP contribution in [0.1, 0.15) is 10.4 Å². The summed E-state index contributed by atoms with van der Waals surface area (Å²) in [5.74, 6) is -0.0834. The van der Waals surface area contributed by atoms with E-state index in [4.69, 9.17) is 27.9 Å². The van der Waals surface area contributed by atoms with E-state index in [1.165, 1.54) is 0 Å². The first kappa shape index (κ1) is 15.6. The van der Waals surface area contributed by atoms with E-state index in [1.807, 2.05) is 0 Å². The van der Waals surface area contributed by atoms with Crippen molar-refractivity contribution in [2.24, 2.45) is 0 Å². The first-order chi connectivity index (χ1) is 9.58. The smallest absolute Gasteiger partial charge is 0.255 e. The molecule has 2 rings (SSSR count). The average molecular weight is 317 g/mol. The van der Waals surface area contributed by atoms with Crippen LogP contribution in [0.3, 0.4) is 0 Å². The summed E-state index contributed by atoms with van der Waals surface area (Å²) in [7, 11) is 1.79. The number of carbonyl (C=O) groups excluding carboxylic acids is 1. The fourth-order valence-electron chi connectivity index (χ4n) is 2.09. The van der Waals surface area contributed by atoms with Crippen molar-refractivity contribution in [2.45, 2.75) is 0 Å². The van der Waals surface area contributed by atoms with Crippen LogP contribution in [-0.4, -0.2) is 62.1 Å². The Kier molecular flexibility index (Phi) is 5.66. The van der Waals surface area contributed by atoms with E-state index in [0.717, 1.165) is 32.8 Å². The minimum Gasteiger partial charge on any atom is -0.379 e. The summed E-state index contributed by atoms with van der Waals surface area (Å²) in [5, 5.41) is 0.920. The van der Waals surface area contributed by atoms with Gasteiger partial charge < -0.3 is 9.64 Å². The van der Waals surface area contributed by atoms with Gasteiger partial charge in [0, 0.05) is 38.2 Å². The van der Waals surface area contributed by atoms with E-state index in [0.29, 0.717) is 22.2 Å². The van der Waals surface area contributed by atoms with Gasteiger partial charge in [-0.25, -0.2) is 0 Å². The molecule has 110 valence electrons. The van der Waals surface area contributed by atoms with Gasteiger partial charge in [0.2, 0.25) is 0 Å². The van der Waals surface area contributed by atoms with E-state index in [1.54, 1.807) is 30.1 Å². The molecule has 1 saturated heterocycles. The number of carbonyl (C=O) groups is 1. The third-order valence-corrected chi connectivity index (χ3v) is 3.91. The van der Waals surface area contributed by atoms with E-state index >= 15 is 0 Å². The van der Waals surface area contributed by atoms with Crippen LogP contribution in [0.4, 0.5) is 0 Å². The maximum absolute atomic E-state index is 12.3. The molecule has 1 aliphatic heterocycles. The van der Waals surface area contributed by atoms with Crippen molar-refractivity contribution >= 4 is 29.1 Å². The number of halogens is 2. The summed E-state index contributed by atoms with van der Waals surface area (Å²) in [6, 6.07) is 4.93. The van der Waals surface area contributed by atoms with Crippen LogP contribution in [0.5, 0.6) is 0 Å². The topological polar surface area (TPSA) is 32.8 Å². The molecular formula is C14H18Cl2N2O2. The first-order valence-corrected chi connectivity index (χ1v) is 7.34. The Balaban J connectivity index is 1.90. The molecule has 0 radical (unpaired) electrons. The second kappa shape index (κ2) is 7.27. The molecule has 0 N–H and O–H groups in total. The Morgan fingerprint density at radius 1 is 1.35 bits per heavy atom. The third-order valence-electron chi connectivity index (χ3n) is 3.36. The summed E-state index contributed by atoms with van der Waals surface area (Å²) in [5.41, 5.74) is 0.487. The number of benzene rings is 1. The van der Waals surface area contributed by atoms with E-state index < -0.39 is 0 Å². The number of amides is 1. The van der Waals surface area contributed by atoms with Gasteiger partial charge in [-0.05, 0) is 18.2 Å². The van der Waals surface area contributed by atoms with E-state index in [2.05, 4.69) is 4.90 Å². The van der Waals surface area contributed by atoms with Crippen LogP contribution < -0.4 is 0 Å². The number of hydrogen-bond acceptors (Lipinski definition) is 3. The summed E-state index contributed by atoms with van der Waals surface area (Å²) >= 11 is 11.9. The molecule has 0 aromatic heterocycles. The Hall–Kier alpha value is -0.810. The minimum absolute atomic E-state index is 0.0834. The molecule has 20 heavy (non-hydrogen) atoms. The number of ether oxygens (including phenoxy) is 1. The van der Waals surface area contributed by atoms with Crippen molar-refractivity contribution in [3.63, 3.8) is 0 Å². The number of likely N-dealkylation sites (N-methyl/N-ethyl adjacent to an activating group) is 1. The minimum atomic E-state index is -0.0834. The number of nitrogens with zero attached hydrogens (tertiary/aromatic N) is 2. The molecule has 1 fully saturated rings. The molecule has 0 bridgehead atoms. The zero-order valence-electron chi connectivity index (χ0n) is 11.4.